The van der Waals surface area contributed by atoms with Crippen LogP contribution in [0.5, 0.6) is 0 Å². The van der Waals surface area contributed by atoms with Crippen LogP contribution < -0.4 is 10.2 Å². The first kappa shape index (κ1) is 17.1. The number of amides is 1. The van der Waals surface area contributed by atoms with Gasteiger partial charge in [-0.2, -0.15) is 13.2 Å². The predicted octanol–water partition coefficient (Wildman–Crippen LogP) is 3.82. The minimum atomic E-state index is -4.37. The molecule has 1 fully saturated rings. The third-order valence-electron chi connectivity index (χ3n) is 3.95. The van der Waals surface area contributed by atoms with Crippen molar-refractivity contribution in [1.29, 1.82) is 0 Å². The number of halogens is 3. The van der Waals surface area contributed by atoms with Gasteiger partial charge in [-0.05, 0) is 29.8 Å². The summed E-state index contributed by atoms with van der Waals surface area (Å²) in [5, 5.41) is 2.69. The number of carbonyl (C=O) groups is 1. The van der Waals surface area contributed by atoms with Crippen LogP contribution in [0.2, 0.25) is 0 Å². The van der Waals surface area contributed by atoms with Crippen LogP contribution in [-0.2, 0) is 17.5 Å². The van der Waals surface area contributed by atoms with Crippen molar-refractivity contribution >= 4 is 11.8 Å². The van der Waals surface area contributed by atoms with Gasteiger partial charge in [0.1, 0.15) is 6.61 Å². The molecular weight excluding hydrogens is 333 g/mol. The Balaban J connectivity index is 1.80. The summed E-state index contributed by atoms with van der Waals surface area (Å²) >= 11 is 0. The van der Waals surface area contributed by atoms with Crippen molar-refractivity contribution in [2.45, 2.75) is 18.8 Å². The molecule has 2 aromatic rings. The van der Waals surface area contributed by atoms with Crippen LogP contribution >= 0.6 is 0 Å². The molecule has 1 aliphatic heterocycles. The first-order chi connectivity index (χ1) is 11.9. The van der Waals surface area contributed by atoms with Gasteiger partial charge < -0.3 is 15.0 Å². The molecule has 0 aromatic heterocycles. The standard InChI is InChI=1S/C18H17F3N2O2/c19-18(20,21)14-6-8-16(9-7-14)23(10-13-4-2-1-3-5-13)11-15-12-25-17(24)22-15/h1-9,15H,10-12H2,(H,22,24)/t15-/m0/s1. The summed E-state index contributed by atoms with van der Waals surface area (Å²) in [6.45, 7) is 1.19. The number of benzene rings is 2. The maximum atomic E-state index is 12.8. The van der Waals surface area contributed by atoms with Crippen LogP contribution in [0, 0.1) is 0 Å². The van der Waals surface area contributed by atoms with Crippen molar-refractivity contribution in [1.82, 2.24) is 5.32 Å². The molecule has 132 valence electrons. The summed E-state index contributed by atoms with van der Waals surface area (Å²) in [5.74, 6) is 0. The number of alkyl halides is 3. The van der Waals surface area contributed by atoms with Gasteiger partial charge in [0.2, 0.25) is 0 Å². The molecule has 25 heavy (non-hydrogen) atoms. The molecule has 2 aromatic carbocycles. The number of ether oxygens (including phenoxy) is 1. The Morgan fingerprint density at radius 3 is 2.32 bits per heavy atom. The van der Waals surface area contributed by atoms with E-state index in [-0.39, 0.29) is 12.6 Å². The highest BCUT2D eigenvalue weighted by atomic mass is 19.4. The lowest BCUT2D eigenvalue weighted by Crippen LogP contribution is -2.39. The van der Waals surface area contributed by atoms with Crippen molar-refractivity contribution < 1.29 is 22.7 Å². The monoisotopic (exact) mass is 350 g/mol. The summed E-state index contributed by atoms with van der Waals surface area (Å²) in [6.07, 6.45) is -4.84. The first-order valence-corrected chi connectivity index (χ1v) is 7.81. The number of carbonyl (C=O) groups excluding carboxylic acids is 1. The second kappa shape index (κ2) is 7.04. The lowest BCUT2D eigenvalue weighted by Gasteiger charge is -2.27. The smallest absolute Gasteiger partial charge is 0.416 e. The summed E-state index contributed by atoms with van der Waals surface area (Å²) in [7, 11) is 0. The molecule has 1 heterocycles. The van der Waals surface area contributed by atoms with Crippen LogP contribution in [0.4, 0.5) is 23.7 Å². The van der Waals surface area contributed by atoms with Gasteiger partial charge >= 0.3 is 12.3 Å². The quantitative estimate of drug-likeness (QED) is 0.891. The molecule has 1 N–H and O–H groups in total. The fourth-order valence-corrected chi connectivity index (χ4v) is 2.72. The van der Waals surface area contributed by atoms with Crippen molar-refractivity contribution in [2.24, 2.45) is 0 Å². The lowest BCUT2D eigenvalue weighted by molar-refractivity contribution is -0.137. The SMILES string of the molecule is O=C1N[C@@H](CN(Cc2ccccc2)c2ccc(C(F)(F)F)cc2)CO1. The Morgan fingerprint density at radius 2 is 1.76 bits per heavy atom. The molecule has 0 saturated carbocycles. The third kappa shape index (κ3) is 4.43. The molecule has 0 aliphatic carbocycles. The summed E-state index contributed by atoms with van der Waals surface area (Å²) in [4.78, 5) is 13.1. The van der Waals surface area contributed by atoms with Gasteiger partial charge in [-0.25, -0.2) is 4.79 Å². The number of cyclic esters (lactones) is 1. The van der Waals surface area contributed by atoms with E-state index in [2.05, 4.69) is 5.32 Å². The number of nitrogens with zero attached hydrogens (tertiary/aromatic N) is 1. The molecule has 0 unspecified atom stereocenters. The normalized spacial score (nSPS) is 17.1. The van der Waals surface area contributed by atoms with Crippen LogP contribution in [0.3, 0.4) is 0 Å². The number of nitrogens with one attached hydrogen (secondary N) is 1. The van der Waals surface area contributed by atoms with Gasteiger partial charge in [0.15, 0.2) is 0 Å². The molecule has 3 rings (SSSR count). The molecule has 7 heteroatoms. The Kier molecular flexibility index (Phi) is 4.83. The van der Waals surface area contributed by atoms with E-state index in [0.717, 1.165) is 17.7 Å². The molecule has 1 atom stereocenters. The summed E-state index contributed by atoms with van der Waals surface area (Å²) in [6, 6.07) is 14.4. The van der Waals surface area contributed by atoms with Crippen LogP contribution in [-0.4, -0.2) is 25.3 Å². The fraction of sp³-hybridized carbons (Fsp3) is 0.278. The minimum absolute atomic E-state index is 0.210. The van der Waals surface area contributed by atoms with Crippen molar-refractivity contribution in [2.75, 3.05) is 18.1 Å². The van der Waals surface area contributed by atoms with Gasteiger partial charge in [0, 0.05) is 18.8 Å². The van der Waals surface area contributed by atoms with Gasteiger partial charge in [-0.15, -0.1) is 0 Å². The Bertz CT molecular complexity index is 717. The lowest BCUT2D eigenvalue weighted by atomic mass is 10.1. The zero-order valence-corrected chi connectivity index (χ0v) is 13.3. The second-order valence-corrected chi connectivity index (χ2v) is 5.85. The number of hydrogen-bond donors (Lipinski definition) is 1. The van der Waals surface area contributed by atoms with E-state index in [1.54, 1.807) is 0 Å². The third-order valence-corrected chi connectivity index (χ3v) is 3.95. The van der Waals surface area contributed by atoms with E-state index >= 15 is 0 Å². The van der Waals surface area contributed by atoms with Crippen LogP contribution in [0.15, 0.2) is 54.6 Å². The van der Waals surface area contributed by atoms with Gasteiger partial charge in [-0.3, -0.25) is 0 Å². The Morgan fingerprint density at radius 1 is 1.08 bits per heavy atom. The zero-order valence-electron chi connectivity index (χ0n) is 13.3. The molecular formula is C18H17F3N2O2. The van der Waals surface area contributed by atoms with E-state index in [4.69, 9.17) is 4.74 Å². The molecule has 1 aliphatic rings. The highest BCUT2D eigenvalue weighted by Gasteiger charge is 2.30. The number of rotatable bonds is 5. The van der Waals surface area contributed by atoms with Crippen LogP contribution in [0.1, 0.15) is 11.1 Å². The van der Waals surface area contributed by atoms with E-state index < -0.39 is 17.8 Å². The highest BCUT2D eigenvalue weighted by molar-refractivity contribution is 5.69. The van der Waals surface area contributed by atoms with E-state index in [1.807, 2.05) is 35.2 Å². The first-order valence-electron chi connectivity index (χ1n) is 7.81. The Hall–Kier alpha value is -2.70. The molecule has 1 amide bonds. The number of alkyl carbamates (subject to hydrolysis) is 1. The average molecular weight is 350 g/mol. The predicted molar refractivity (Wildman–Crippen MR) is 87.2 cm³/mol. The molecule has 0 bridgehead atoms. The minimum Gasteiger partial charge on any atom is -0.447 e. The fourth-order valence-electron chi connectivity index (χ4n) is 2.72. The van der Waals surface area contributed by atoms with Crippen LogP contribution in [0.25, 0.3) is 0 Å². The van der Waals surface area contributed by atoms with Crippen molar-refractivity contribution in [3.63, 3.8) is 0 Å². The molecule has 0 radical (unpaired) electrons. The molecule has 4 nitrogen and oxygen atoms in total. The number of anilines is 1. The maximum Gasteiger partial charge on any atom is 0.416 e. The second-order valence-electron chi connectivity index (χ2n) is 5.85. The van der Waals surface area contributed by atoms with E-state index in [1.165, 1.54) is 12.1 Å². The summed E-state index contributed by atoms with van der Waals surface area (Å²) < 4.78 is 43.2. The highest BCUT2D eigenvalue weighted by Crippen LogP contribution is 2.31. The van der Waals surface area contributed by atoms with E-state index in [9.17, 15) is 18.0 Å². The molecule has 1 saturated heterocycles. The van der Waals surface area contributed by atoms with Gasteiger partial charge in [0.05, 0.1) is 11.6 Å². The number of hydrogen-bond acceptors (Lipinski definition) is 3. The molecule has 0 spiro atoms. The maximum absolute atomic E-state index is 12.8. The Labute approximate surface area is 143 Å². The average Bonchev–Trinajstić information content (AvgIpc) is 3.00. The summed E-state index contributed by atoms with van der Waals surface area (Å²) in [5.41, 5.74) is 0.985. The topological polar surface area (TPSA) is 41.6 Å². The van der Waals surface area contributed by atoms with Crippen molar-refractivity contribution in [3.8, 4) is 0 Å². The van der Waals surface area contributed by atoms with Gasteiger partial charge in [-0.1, -0.05) is 30.3 Å². The van der Waals surface area contributed by atoms with Gasteiger partial charge in [0.25, 0.3) is 0 Å². The van der Waals surface area contributed by atoms with Crippen molar-refractivity contribution in [3.05, 3.63) is 65.7 Å². The van der Waals surface area contributed by atoms with E-state index in [0.29, 0.717) is 18.8 Å². The zero-order chi connectivity index (χ0) is 17.9. The largest absolute Gasteiger partial charge is 0.447 e.